The summed E-state index contributed by atoms with van der Waals surface area (Å²) in [6, 6.07) is 6.46. The van der Waals surface area contributed by atoms with Crippen molar-refractivity contribution >= 4 is 35.5 Å². The fourth-order valence-electron chi connectivity index (χ4n) is 3.27. The summed E-state index contributed by atoms with van der Waals surface area (Å²) in [4.78, 5) is 62.8. The Bertz CT molecular complexity index is 1170. The Balaban J connectivity index is 1.89. The first kappa shape index (κ1) is 24.3. The number of amides is 4. The van der Waals surface area contributed by atoms with Gasteiger partial charge in [-0.15, -0.1) is 0 Å². The normalized spacial score (nSPS) is 17.9. The first-order chi connectivity index (χ1) is 16.0. The van der Waals surface area contributed by atoms with Crippen LogP contribution in [0.25, 0.3) is 0 Å². The van der Waals surface area contributed by atoms with E-state index in [0.717, 1.165) is 41.8 Å². The Morgan fingerprint density at radius 1 is 0.971 bits per heavy atom. The zero-order chi connectivity index (χ0) is 25.2. The molecule has 2 aromatic rings. The van der Waals surface area contributed by atoms with Gasteiger partial charge in [-0.25, -0.2) is 9.18 Å². The van der Waals surface area contributed by atoms with Gasteiger partial charge in [-0.05, 0) is 42.5 Å². The van der Waals surface area contributed by atoms with Crippen molar-refractivity contribution in [1.29, 1.82) is 0 Å². The fraction of sp³-hybridized carbons (Fsp3) is 0.227. The predicted octanol–water partition coefficient (Wildman–Crippen LogP) is 1.16. The van der Waals surface area contributed by atoms with Crippen LogP contribution in [0.4, 0.5) is 14.9 Å². The monoisotopic (exact) mass is 472 g/mol. The lowest BCUT2D eigenvalue weighted by molar-refractivity contribution is -0.134. The molecule has 0 radical (unpaired) electrons. The number of carbonyl (C=O) groups excluding carboxylic acids is 5. The molecule has 4 amide bonds. The first-order valence-electron chi connectivity index (χ1n) is 9.93. The Morgan fingerprint density at radius 3 is 2.15 bits per heavy atom. The fourth-order valence-corrected chi connectivity index (χ4v) is 3.27. The highest BCUT2D eigenvalue weighted by molar-refractivity contribution is 6.10. The molecule has 11 nitrogen and oxygen atoms in total. The molecule has 178 valence electrons. The number of nitrogens with one attached hydrogen (secondary N) is 1. The maximum absolute atomic E-state index is 13.3. The summed E-state index contributed by atoms with van der Waals surface area (Å²) in [5, 5.41) is 2.47. The lowest BCUT2D eigenvalue weighted by Gasteiger charge is -2.41. The zero-order valence-electron chi connectivity index (χ0n) is 18.4. The van der Waals surface area contributed by atoms with Crippen LogP contribution < -0.4 is 25.4 Å². The molecule has 1 fully saturated rings. The average molecular weight is 472 g/mol. The lowest BCUT2D eigenvalue weighted by atomic mass is 10.1. The Labute approximate surface area is 193 Å². The SMILES string of the molecule is CC(=O)Oc1ccc(C(=O)NC2C(=O)N(C)C(=O)N(c3ccc(F)cc3)C2N)cc1OC(C)=O. The number of nitrogens with zero attached hydrogens (tertiary/aromatic N) is 2. The van der Waals surface area contributed by atoms with E-state index in [2.05, 4.69) is 5.32 Å². The zero-order valence-corrected chi connectivity index (χ0v) is 18.4. The second kappa shape index (κ2) is 9.67. The van der Waals surface area contributed by atoms with Gasteiger partial charge in [0.2, 0.25) is 0 Å². The summed E-state index contributed by atoms with van der Waals surface area (Å²) in [6.07, 6.45) is -1.31. The van der Waals surface area contributed by atoms with E-state index in [1.807, 2.05) is 0 Å². The minimum Gasteiger partial charge on any atom is -0.423 e. The van der Waals surface area contributed by atoms with Crippen molar-refractivity contribution in [2.75, 3.05) is 11.9 Å². The number of halogens is 1. The van der Waals surface area contributed by atoms with Crippen molar-refractivity contribution in [3.8, 4) is 11.5 Å². The van der Waals surface area contributed by atoms with Gasteiger partial charge in [0.1, 0.15) is 18.0 Å². The van der Waals surface area contributed by atoms with Crippen LogP contribution in [0.2, 0.25) is 0 Å². The average Bonchev–Trinajstić information content (AvgIpc) is 2.77. The minimum atomic E-state index is -1.36. The number of carbonyl (C=O) groups is 5. The van der Waals surface area contributed by atoms with Gasteiger partial charge in [-0.1, -0.05) is 0 Å². The number of likely N-dealkylation sites (N-methyl/N-ethyl adjacent to an activating group) is 1. The molecule has 1 saturated heterocycles. The highest BCUT2D eigenvalue weighted by Crippen LogP contribution is 2.29. The molecule has 3 N–H and O–H groups in total. The number of esters is 2. The van der Waals surface area contributed by atoms with Crippen LogP contribution in [0.5, 0.6) is 11.5 Å². The highest BCUT2D eigenvalue weighted by atomic mass is 19.1. The number of nitrogens with two attached hydrogens (primary N) is 1. The molecule has 1 heterocycles. The quantitative estimate of drug-likeness (QED) is 0.487. The van der Waals surface area contributed by atoms with Crippen LogP contribution in [-0.2, 0) is 14.4 Å². The largest absolute Gasteiger partial charge is 0.423 e. The molecule has 1 aliphatic rings. The van der Waals surface area contributed by atoms with E-state index in [0.29, 0.717) is 0 Å². The van der Waals surface area contributed by atoms with E-state index >= 15 is 0 Å². The van der Waals surface area contributed by atoms with Crippen molar-refractivity contribution in [3.63, 3.8) is 0 Å². The summed E-state index contributed by atoms with van der Waals surface area (Å²) >= 11 is 0. The lowest BCUT2D eigenvalue weighted by Crippen LogP contribution is -2.71. The van der Waals surface area contributed by atoms with Crippen LogP contribution in [0.1, 0.15) is 24.2 Å². The predicted molar refractivity (Wildman–Crippen MR) is 115 cm³/mol. The minimum absolute atomic E-state index is 0.0416. The van der Waals surface area contributed by atoms with Crippen molar-refractivity contribution < 1.29 is 37.8 Å². The topological polar surface area (TPSA) is 148 Å². The molecule has 34 heavy (non-hydrogen) atoms. The number of imide groups is 1. The summed E-state index contributed by atoms with van der Waals surface area (Å²) in [6.45, 7) is 2.28. The maximum atomic E-state index is 13.3. The molecule has 0 spiro atoms. The van der Waals surface area contributed by atoms with E-state index in [-0.39, 0.29) is 22.7 Å². The second-order valence-electron chi connectivity index (χ2n) is 7.32. The van der Waals surface area contributed by atoms with Crippen molar-refractivity contribution in [1.82, 2.24) is 10.2 Å². The number of ether oxygens (including phenoxy) is 2. The molecule has 2 atom stereocenters. The molecular weight excluding hydrogens is 451 g/mol. The van der Waals surface area contributed by atoms with Crippen molar-refractivity contribution in [2.24, 2.45) is 5.73 Å². The van der Waals surface area contributed by atoms with Gasteiger partial charge in [0.05, 0.1) is 0 Å². The molecule has 2 unspecified atom stereocenters. The van der Waals surface area contributed by atoms with Crippen LogP contribution in [0, 0.1) is 5.82 Å². The van der Waals surface area contributed by atoms with Gasteiger partial charge in [0, 0.05) is 32.1 Å². The molecule has 2 aromatic carbocycles. The van der Waals surface area contributed by atoms with Crippen LogP contribution in [0.15, 0.2) is 42.5 Å². The standard InChI is InChI=1S/C22H21FN4O7/c1-11(28)33-16-9-4-13(10-17(16)34-12(2)29)20(30)25-18-19(24)27(22(32)26(3)21(18)31)15-7-5-14(23)6-8-15/h4-10,18-19H,24H2,1-3H3,(H,25,30). The van der Waals surface area contributed by atoms with E-state index in [4.69, 9.17) is 15.2 Å². The maximum Gasteiger partial charge on any atom is 0.332 e. The molecule has 0 saturated carbocycles. The Morgan fingerprint density at radius 2 is 1.56 bits per heavy atom. The van der Waals surface area contributed by atoms with E-state index in [1.165, 1.54) is 31.3 Å². The smallest absolute Gasteiger partial charge is 0.332 e. The highest BCUT2D eigenvalue weighted by Gasteiger charge is 2.44. The van der Waals surface area contributed by atoms with Crippen molar-refractivity contribution in [3.05, 3.63) is 53.8 Å². The van der Waals surface area contributed by atoms with E-state index in [9.17, 15) is 28.4 Å². The molecule has 3 rings (SSSR count). The van der Waals surface area contributed by atoms with Crippen LogP contribution in [-0.4, -0.2) is 53.9 Å². The number of hydrogen-bond acceptors (Lipinski definition) is 8. The van der Waals surface area contributed by atoms with Gasteiger partial charge in [-0.3, -0.25) is 29.0 Å². The summed E-state index contributed by atoms with van der Waals surface area (Å²) in [7, 11) is 1.22. The number of hydrogen-bond donors (Lipinski definition) is 2. The number of benzene rings is 2. The van der Waals surface area contributed by atoms with E-state index in [1.54, 1.807) is 0 Å². The second-order valence-corrected chi connectivity index (χ2v) is 7.32. The first-order valence-corrected chi connectivity index (χ1v) is 9.93. The van der Waals surface area contributed by atoms with Gasteiger partial charge < -0.3 is 20.5 Å². The number of anilines is 1. The summed E-state index contributed by atoms with van der Waals surface area (Å²) in [5.41, 5.74) is 6.34. The molecule has 0 aromatic heterocycles. The van der Waals surface area contributed by atoms with Gasteiger partial charge >= 0.3 is 18.0 Å². The third-order valence-corrected chi connectivity index (χ3v) is 4.83. The molecule has 0 bridgehead atoms. The summed E-state index contributed by atoms with van der Waals surface area (Å²) < 4.78 is 23.3. The molecular formula is C22H21FN4O7. The third-order valence-electron chi connectivity index (χ3n) is 4.83. The van der Waals surface area contributed by atoms with Gasteiger partial charge in [0.15, 0.2) is 11.5 Å². The summed E-state index contributed by atoms with van der Waals surface area (Å²) in [5.74, 6) is -3.73. The Hall–Kier alpha value is -4.32. The van der Waals surface area contributed by atoms with Crippen molar-refractivity contribution in [2.45, 2.75) is 26.1 Å². The molecule has 12 heteroatoms. The third kappa shape index (κ3) is 5.02. The molecule has 1 aliphatic heterocycles. The van der Waals surface area contributed by atoms with E-state index < -0.39 is 47.8 Å². The van der Waals surface area contributed by atoms with Gasteiger partial charge in [-0.2, -0.15) is 0 Å². The van der Waals surface area contributed by atoms with Gasteiger partial charge in [0.25, 0.3) is 11.8 Å². The number of urea groups is 1. The van der Waals surface area contributed by atoms with Crippen LogP contribution in [0.3, 0.4) is 0 Å². The van der Waals surface area contributed by atoms with Crippen LogP contribution >= 0.6 is 0 Å². The number of rotatable bonds is 5. The molecule has 0 aliphatic carbocycles. The Kier molecular flexibility index (Phi) is 6.92.